The Morgan fingerprint density at radius 1 is 0.864 bits per heavy atom. The summed E-state index contributed by atoms with van der Waals surface area (Å²) in [5.74, 6) is 0.156. The van der Waals surface area contributed by atoms with E-state index in [1.54, 1.807) is 0 Å². The van der Waals surface area contributed by atoms with Gasteiger partial charge in [-0.15, -0.1) is 0 Å². The van der Waals surface area contributed by atoms with Crippen LogP contribution < -0.4 is 21.6 Å². The van der Waals surface area contributed by atoms with E-state index in [0.29, 0.717) is 0 Å². The Morgan fingerprint density at radius 3 is 1.86 bits per heavy atom. The number of aromatic nitrogens is 8. The summed E-state index contributed by atoms with van der Waals surface area (Å²) in [5, 5.41) is 5.21. The first-order valence-electron chi connectivity index (χ1n) is 12.9. The highest BCUT2D eigenvalue weighted by Crippen LogP contribution is 2.54. The van der Waals surface area contributed by atoms with E-state index >= 15 is 8.78 Å². The molecule has 0 amide bonds. The number of alkyl halides is 2. The molecule has 4 aromatic heterocycles. The molecule has 3 fully saturated rings. The fourth-order valence-electron chi connectivity index (χ4n) is 5.34. The number of hydrogen-bond donors (Lipinski definition) is 6. The number of rotatable bonds is 2. The van der Waals surface area contributed by atoms with Gasteiger partial charge < -0.3 is 34.9 Å². The van der Waals surface area contributed by atoms with Crippen LogP contribution in [0.3, 0.4) is 0 Å². The molecule has 2 unspecified atom stereocenters. The van der Waals surface area contributed by atoms with Gasteiger partial charge in [0.2, 0.25) is 0 Å². The topological polar surface area (TPSA) is 238 Å². The van der Waals surface area contributed by atoms with Crippen LogP contribution in [0.1, 0.15) is 12.5 Å². The quantitative estimate of drug-likeness (QED) is 0.124. The SMILES string of the molecule is Nc1ncnc2c1ncn2[C@@H]1O[C@@H]2CNP(O)(=S)O[C@@H]3[C@H](F)[C@H](n4cnc5c(N)ncnc54)O[C@@H]3CNP(=O)(S)O[C@@H]2[C@@H]1F. The number of nitrogens with zero attached hydrogens (tertiary/aromatic N) is 8. The van der Waals surface area contributed by atoms with Gasteiger partial charge in [0.05, 0.1) is 12.7 Å². The fraction of sp³-hybridized carbons (Fsp3) is 0.500. The van der Waals surface area contributed by atoms with E-state index < -0.39 is 62.6 Å². The van der Waals surface area contributed by atoms with Crippen LogP contribution in [0.4, 0.5) is 20.4 Å². The third kappa shape index (κ3) is 5.26. The predicted molar refractivity (Wildman–Crippen MR) is 156 cm³/mol. The Kier molecular flexibility index (Phi) is 7.61. The van der Waals surface area contributed by atoms with E-state index in [4.69, 9.17) is 41.8 Å². The van der Waals surface area contributed by atoms with Crippen LogP contribution >= 0.6 is 25.6 Å². The van der Waals surface area contributed by atoms with Crippen molar-refractivity contribution >= 4 is 71.4 Å². The van der Waals surface area contributed by atoms with Crippen molar-refractivity contribution in [3.63, 3.8) is 0 Å². The minimum atomic E-state index is -4.10. The van der Waals surface area contributed by atoms with Crippen LogP contribution in [-0.4, -0.2) is 93.8 Å². The molecule has 3 saturated heterocycles. The third-order valence-electron chi connectivity index (χ3n) is 7.37. The van der Waals surface area contributed by atoms with Crippen LogP contribution in [0.5, 0.6) is 0 Å². The molecule has 3 aliphatic rings. The molecular formula is C20H24F2N12O6P2S2. The number of ether oxygens (including phenoxy) is 2. The summed E-state index contributed by atoms with van der Waals surface area (Å²) < 4.78 is 71.3. The van der Waals surface area contributed by atoms with E-state index in [1.807, 2.05) is 0 Å². The normalized spacial score (nSPS) is 38.3. The van der Waals surface area contributed by atoms with Crippen LogP contribution in [0.2, 0.25) is 0 Å². The summed E-state index contributed by atoms with van der Waals surface area (Å²) in [7, 11) is 0. The Labute approximate surface area is 256 Å². The Bertz CT molecular complexity index is 1710. The molecule has 44 heavy (non-hydrogen) atoms. The van der Waals surface area contributed by atoms with Crippen molar-refractivity contribution in [1.29, 1.82) is 0 Å². The van der Waals surface area contributed by atoms with Crippen molar-refractivity contribution in [2.24, 2.45) is 0 Å². The number of anilines is 2. The largest absolute Gasteiger partial charge is 0.382 e. The van der Waals surface area contributed by atoms with Crippen molar-refractivity contribution in [3.05, 3.63) is 25.3 Å². The number of imidazole rings is 2. The molecule has 3 aliphatic heterocycles. The van der Waals surface area contributed by atoms with E-state index in [0.717, 1.165) is 0 Å². The Balaban J connectivity index is 1.17. The molecule has 24 heteroatoms. The number of nitrogens with one attached hydrogen (secondary N) is 2. The molecule has 0 aliphatic carbocycles. The second-order valence-electron chi connectivity index (χ2n) is 10.1. The second kappa shape index (κ2) is 11.1. The minimum absolute atomic E-state index is 0.0774. The standard InChI is InChI=1S/C20H24F2N12O6P2S2/c21-9-13-7(37-19(9)33-5-29-11-15(23)25-3-27-17(11)33)1-31-41(35,43)40-14-8(2-32-42(36,44)39-13)38-20(10(14)22)34-6-30-12-16(24)26-4-28-18(12)34/h3-10,13-14,19-20H,1-2H2,(H2,23,25,27)(H2,24,26,28)(H2,31,35,43)(H2,32,36,44)/t7-,8-,9+,10+,13+,14+,19-,20-,41?,42?/m1/s1. The van der Waals surface area contributed by atoms with Gasteiger partial charge in [0.15, 0.2) is 47.7 Å². The number of fused-ring (bicyclic) bond motifs is 4. The first-order chi connectivity index (χ1) is 20.9. The van der Waals surface area contributed by atoms with E-state index in [1.165, 1.54) is 34.4 Å². The summed E-state index contributed by atoms with van der Waals surface area (Å²) in [6.07, 6.45) is -6.97. The van der Waals surface area contributed by atoms with E-state index in [-0.39, 0.29) is 47.1 Å². The monoisotopic (exact) mass is 692 g/mol. The molecule has 0 saturated carbocycles. The van der Waals surface area contributed by atoms with Crippen molar-refractivity contribution < 1.29 is 36.8 Å². The van der Waals surface area contributed by atoms with Gasteiger partial charge in [0.25, 0.3) is 6.64 Å². The van der Waals surface area contributed by atoms with Gasteiger partial charge in [-0.3, -0.25) is 13.7 Å². The molecule has 4 aromatic rings. The van der Waals surface area contributed by atoms with Gasteiger partial charge in [0, 0.05) is 13.1 Å². The smallest absolute Gasteiger partial charge is 0.324 e. The van der Waals surface area contributed by atoms with Crippen LogP contribution in [0.25, 0.3) is 22.3 Å². The van der Waals surface area contributed by atoms with Gasteiger partial charge >= 0.3 is 6.72 Å². The zero-order chi connectivity index (χ0) is 31.0. The highest BCUT2D eigenvalue weighted by atomic mass is 32.7. The maximum Gasteiger partial charge on any atom is 0.324 e. The number of halogens is 2. The van der Waals surface area contributed by atoms with Crippen LogP contribution in [-0.2, 0) is 34.9 Å². The van der Waals surface area contributed by atoms with Crippen molar-refractivity contribution in [2.75, 3.05) is 24.6 Å². The molecule has 0 bridgehead atoms. The van der Waals surface area contributed by atoms with Crippen LogP contribution in [0.15, 0.2) is 25.3 Å². The lowest BCUT2D eigenvalue weighted by Crippen LogP contribution is -2.42. The average Bonchev–Trinajstić information content (AvgIpc) is 3.73. The summed E-state index contributed by atoms with van der Waals surface area (Å²) >= 11 is 9.41. The predicted octanol–water partition coefficient (Wildman–Crippen LogP) is 0.519. The maximum absolute atomic E-state index is 16.0. The Morgan fingerprint density at radius 2 is 1.34 bits per heavy atom. The molecule has 7 heterocycles. The summed E-state index contributed by atoms with van der Waals surface area (Å²) in [6, 6.07) is 0. The number of hydrogen-bond acceptors (Lipinski definition) is 14. The number of thiol groups is 1. The maximum atomic E-state index is 16.0. The fourth-order valence-corrected chi connectivity index (χ4v) is 8.57. The number of nitrogen functional groups attached to an aromatic ring is 2. The average molecular weight is 693 g/mol. The van der Waals surface area contributed by atoms with Gasteiger partial charge in [0.1, 0.15) is 48.1 Å². The summed E-state index contributed by atoms with van der Waals surface area (Å²) in [6.45, 7) is -8.77. The van der Waals surface area contributed by atoms with Gasteiger partial charge in [-0.1, -0.05) is 12.2 Å². The summed E-state index contributed by atoms with van der Waals surface area (Å²) in [4.78, 5) is 35.3. The van der Waals surface area contributed by atoms with Crippen molar-refractivity contribution in [2.45, 2.75) is 49.2 Å². The molecule has 7 N–H and O–H groups in total. The zero-order valence-electron chi connectivity index (χ0n) is 22.1. The molecule has 0 spiro atoms. The second-order valence-corrected chi connectivity index (χ2v) is 16.3. The lowest BCUT2D eigenvalue weighted by Gasteiger charge is -2.30. The summed E-state index contributed by atoms with van der Waals surface area (Å²) in [5.41, 5.74) is 12.5. The third-order valence-corrected chi connectivity index (χ3v) is 10.9. The van der Waals surface area contributed by atoms with Gasteiger partial charge in [-0.05, 0) is 11.8 Å². The van der Waals surface area contributed by atoms with E-state index in [9.17, 15) is 9.46 Å². The molecule has 0 aromatic carbocycles. The molecular weight excluding hydrogens is 668 g/mol. The molecule has 18 nitrogen and oxygen atoms in total. The van der Waals surface area contributed by atoms with Gasteiger partial charge in [-0.2, -0.15) is 0 Å². The molecule has 236 valence electrons. The molecule has 10 atom stereocenters. The van der Waals surface area contributed by atoms with E-state index in [2.05, 4.69) is 52.3 Å². The zero-order valence-corrected chi connectivity index (χ0v) is 25.6. The van der Waals surface area contributed by atoms with Crippen molar-refractivity contribution in [3.8, 4) is 0 Å². The lowest BCUT2D eigenvalue weighted by molar-refractivity contribution is -0.0219. The molecule has 7 rings (SSSR count). The Hall–Kier alpha value is -2.49. The highest BCUT2D eigenvalue weighted by Gasteiger charge is 2.53. The lowest BCUT2D eigenvalue weighted by atomic mass is 10.1. The minimum Gasteiger partial charge on any atom is -0.382 e. The van der Waals surface area contributed by atoms with Crippen molar-refractivity contribution in [1.82, 2.24) is 49.2 Å². The molecule has 0 radical (unpaired) electrons. The van der Waals surface area contributed by atoms with Gasteiger partial charge in [-0.25, -0.2) is 48.9 Å². The first-order valence-corrected chi connectivity index (χ1v) is 18.4. The highest BCUT2D eigenvalue weighted by molar-refractivity contribution is 8.45. The van der Waals surface area contributed by atoms with Crippen LogP contribution in [0, 0.1) is 0 Å². The first kappa shape index (κ1) is 30.2. The number of nitrogens with two attached hydrogens (primary N) is 2.